The van der Waals surface area contributed by atoms with Gasteiger partial charge in [-0.2, -0.15) is 0 Å². The summed E-state index contributed by atoms with van der Waals surface area (Å²) in [5, 5.41) is 3.40. The highest BCUT2D eigenvalue weighted by Crippen LogP contribution is 2.34. The smallest absolute Gasteiger partial charge is 0.239 e. The van der Waals surface area contributed by atoms with Crippen LogP contribution >= 0.6 is 0 Å². The number of nitrogens with one attached hydrogen (secondary N) is 1. The van der Waals surface area contributed by atoms with Crippen molar-refractivity contribution in [1.82, 2.24) is 4.98 Å². The number of rotatable bonds is 5. The van der Waals surface area contributed by atoms with Gasteiger partial charge in [0, 0.05) is 26.3 Å². The molecule has 1 atom stereocenters. The van der Waals surface area contributed by atoms with Gasteiger partial charge in [0.15, 0.2) is 0 Å². The first-order valence-electron chi connectivity index (χ1n) is 6.75. The number of anilines is 2. The summed E-state index contributed by atoms with van der Waals surface area (Å²) in [6, 6.07) is 8.38. The molecule has 1 N–H and O–H groups in total. The monoisotopic (exact) mass is 289 g/mol. The van der Waals surface area contributed by atoms with Crippen molar-refractivity contribution in [2.45, 2.75) is 13.0 Å². The second-order valence-corrected chi connectivity index (χ2v) is 5.03. The first-order chi connectivity index (χ1) is 10.0. The number of hydrogen-bond donors (Lipinski definition) is 1. The van der Waals surface area contributed by atoms with Crippen LogP contribution in [0.5, 0.6) is 5.88 Å². The summed E-state index contributed by atoms with van der Waals surface area (Å²) in [6.45, 7) is 2.01. The minimum Gasteiger partial charge on any atom is -0.479 e. The molecule has 1 heterocycles. The highest BCUT2D eigenvalue weighted by atomic mass is 19.1. The summed E-state index contributed by atoms with van der Waals surface area (Å²) >= 11 is 0. The topological polar surface area (TPSA) is 37.4 Å². The van der Waals surface area contributed by atoms with Crippen molar-refractivity contribution in [2.75, 3.05) is 31.4 Å². The second kappa shape index (κ2) is 6.43. The number of hydrogen-bond acceptors (Lipinski definition) is 4. The van der Waals surface area contributed by atoms with Gasteiger partial charge in [0.2, 0.25) is 5.88 Å². The maximum absolute atomic E-state index is 13.0. The number of benzene rings is 1. The zero-order chi connectivity index (χ0) is 15.4. The van der Waals surface area contributed by atoms with Crippen molar-refractivity contribution < 1.29 is 9.13 Å². The molecule has 0 bridgehead atoms. The third kappa shape index (κ3) is 3.42. The van der Waals surface area contributed by atoms with E-state index in [2.05, 4.69) is 10.3 Å². The van der Waals surface area contributed by atoms with Crippen LogP contribution in [-0.2, 0) is 0 Å². The molecule has 0 saturated heterocycles. The van der Waals surface area contributed by atoms with Crippen LogP contribution in [0.15, 0.2) is 36.5 Å². The molecule has 1 aromatic heterocycles. The highest BCUT2D eigenvalue weighted by molar-refractivity contribution is 5.74. The van der Waals surface area contributed by atoms with Crippen LogP contribution in [-0.4, -0.2) is 26.2 Å². The van der Waals surface area contributed by atoms with Crippen molar-refractivity contribution in [3.05, 3.63) is 47.9 Å². The van der Waals surface area contributed by atoms with Gasteiger partial charge in [-0.1, -0.05) is 12.1 Å². The maximum atomic E-state index is 13.0. The van der Waals surface area contributed by atoms with E-state index in [1.54, 1.807) is 25.4 Å². The van der Waals surface area contributed by atoms with Crippen LogP contribution in [0.4, 0.5) is 15.8 Å². The summed E-state index contributed by atoms with van der Waals surface area (Å²) in [5.41, 5.74) is 2.80. The number of aromatic nitrogens is 1. The molecule has 0 aliphatic carbocycles. The molecule has 0 saturated carbocycles. The fourth-order valence-electron chi connectivity index (χ4n) is 2.15. The predicted octanol–water partition coefficient (Wildman–Crippen LogP) is 3.47. The average Bonchev–Trinajstić information content (AvgIpc) is 2.47. The number of pyridine rings is 1. The van der Waals surface area contributed by atoms with Crippen molar-refractivity contribution in [3.63, 3.8) is 0 Å². The molecule has 21 heavy (non-hydrogen) atoms. The molecule has 1 aromatic carbocycles. The van der Waals surface area contributed by atoms with E-state index in [1.807, 2.05) is 32.0 Å². The Hall–Kier alpha value is -2.30. The van der Waals surface area contributed by atoms with E-state index in [1.165, 1.54) is 12.1 Å². The SMILES string of the molecule is COc1nccc(N(C)C)c1NC(C)c1ccc(F)cc1. The lowest BCUT2D eigenvalue weighted by atomic mass is 10.1. The predicted molar refractivity (Wildman–Crippen MR) is 83.6 cm³/mol. The van der Waals surface area contributed by atoms with Gasteiger partial charge in [-0.3, -0.25) is 0 Å². The highest BCUT2D eigenvalue weighted by Gasteiger charge is 2.15. The van der Waals surface area contributed by atoms with Crippen molar-refractivity contribution in [1.29, 1.82) is 0 Å². The summed E-state index contributed by atoms with van der Waals surface area (Å²) in [4.78, 5) is 6.22. The van der Waals surface area contributed by atoms with E-state index < -0.39 is 0 Å². The van der Waals surface area contributed by atoms with E-state index in [-0.39, 0.29) is 11.9 Å². The Morgan fingerprint density at radius 1 is 1.19 bits per heavy atom. The van der Waals surface area contributed by atoms with Gasteiger partial charge in [0.05, 0.1) is 12.8 Å². The average molecular weight is 289 g/mol. The maximum Gasteiger partial charge on any atom is 0.239 e. The zero-order valence-corrected chi connectivity index (χ0v) is 12.7. The van der Waals surface area contributed by atoms with Gasteiger partial charge >= 0.3 is 0 Å². The fraction of sp³-hybridized carbons (Fsp3) is 0.312. The molecule has 0 radical (unpaired) electrons. The molecule has 1 unspecified atom stereocenters. The minimum atomic E-state index is -0.237. The van der Waals surface area contributed by atoms with Crippen LogP contribution in [0.3, 0.4) is 0 Å². The van der Waals surface area contributed by atoms with Gasteiger partial charge in [0.1, 0.15) is 11.5 Å². The van der Waals surface area contributed by atoms with Crippen molar-refractivity contribution in [3.8, 4) is 5.88 Å². The lowest BCUT2D eigenvalue weighted by Gasteiger charge is -2.23. The van der Waals surface area contributed by atoms with Crippen LogP contribution in [0, 0.1) is 5.82 Å². The Bertz CT molecular complexity index is 599. The van der Waals surface area contributed by atoms with E-state index in [0.717, 1.165) is 16.9 Å². The molecule has 0 spiro atoms. The van der Waals surface area contributed by atoms with Crippen molar-refractivity contribution in [2.24, 2.45) is 0 Å². The molecule has 0 amide bonds. The van der Waals surface area contributed by atoms with Gasteiger partial charge in [-0.15, -0.1) is 0 Å². The molecule has 112 valence electrons. The number of halogens is 1. The van der Waals surface area contributed by atoms with E-state index in [4.69, 9.17) is 4.74 Å². The van der Waals surface area contributed by atoms with E-state index >= 15 is 0 Å². The molecule has 4 nitrogen and oxygen atoms in total. The first-order valence-corrected chi connectivity index (χ1v) is 6.75. The van der Waals surface area contributed by atoms with Gasteiger partial charge in [0.25, 0.3) is 0 Å². The normalized spacial score (nSPS) is 11.9. The Morgan fingerprint density at radius 3 is 2.43 bits per heavy atom. The molecule has 2 rings (SSSR count). The van der Waals surface area contributed by atoms with Crippen LogP contribution < -0.4 is 15.0 Å². The Labute approximate surface area is 124 Å². The number of nitrogens with zero attached hydrogens (tertiary/aromatic N) is 2. The summed E-state index contributed by atoms with van der Waals surface area (Å²) in [5.74, 6) is 0.300. The van der Waals surface area contributed by atoms with Gasteiger partial charge < -0.3 is 15.0 Å². The third-order valence-corrected chi connectivity index (χ3v) is 3.30. The minimum absolute atomic E-state index is 0.00222. The quantitative estimate of drug-likeness (QED) is 0.914. The van der Waals surface area contributed by atoms with Gasteiger partial charge in [-0.05, 0) is 30.7 Å². The molecule has 0 aliphatic rings. The standard InChI is InChI=1S/C16H20FN3O/c1-11(12-5-7-13(17)8-6-12)19-15-14(20(2)3)9-10-18-16(15)21-4/h5-11,19H,1-4H3. The second-order valence-electron chi connectivity index (χ2n) is 5.03. The third-order valence-electron chi connectivity index (χ3n) is 3.30. The summed E-state index contributed by atoms with van der Waals surface area (Å²) in [7, 11) is 5.51. The van der Waals surface area contributed by atoms with E-state index in [9.17, 15) is 4.39 Å². The number of methoxy groups -OCH3 is 1. The lowest BCUT2D eigenvalue weighted by Crippen LogP contribution is -2.15. The Balaban J connectivity index is 2.31. The largest absolute Gasteiger partial charge is 0.479 e. The number of ether oxygens (including phenoxy) is 1. The summed E-state index contributed by atoms with van der Waals surface area (Å²) < 4.78 is 18.3. The Kier molecular flexibility index (Phi) is 4.62. The van der Waals surface area contributed by atoms with Crippen LogP contribution in [0.2, 0.25) is 0 Å². The van der Waals surface area contributed by atoms with E-state index in [0.29, 0.717) is 5.88 Å². The fourth-order valence-corrected chi connectivity index (χ4v) is 2.15. The van der Waals surface area contributed by atoms with Crippen molar-refractivity contribution >= 4 is 11.4 Å². The molecule has 5 heteroatoms. The van der Waals surface area contributed by atoms with Crippen LogP contribution in [0.25, 0.3) is 0 Å². The van der Waals surface area contributed by atoms with Gasteiger partial charge in [-0.25, -0.2) is 9.37 Å². The lowest BCUT2D eigenvalue weighted by molar-refractivity contribution is 0.399. The summed E-state index contributed by atoms with van der Waals surface area (Å²) in [6.07, 6.45) is 1.71. The zero-order valence-electron chi connectivity index (χ0n) is 12.7. The first kappa shape index (κ1) is 15.1. The van der Waals surface area contributed by atoms with Crippen LogP contribution in [0.1, 0.15) is 18.5 Å². The molecule has 0 fully saturated rings. The molecule has 0 aliphatic heterocycles. The molecular formula is C16H20FN3O. The molecular weight excluding hydrogens is 269 g/mol. The Morgan fingerprint density at radius 2 is 1.86 bits per heavy atom. The molecule has 2 aromatic rings.